The molecule has 2 amide bonds. The van der Waals surface area contributed by atoms with Crippen LogP contribution in [-0.2, 0) is 11.8 Å². The molecule has 2 aromatic heterocycles. The van der Waals surface area contributed by atoms with Crippen molar-refractivity contribution in [1.82, 2.24) is 25.0 Å². The molecule has 0 bridgehead atoms. The van der Waals surface area contributed by atoms with E-state index in [-0.39, 0.29) is 23.4 Å². The highest BCUT2D eigenvalue weighted by atomic mass is 16.5. The molecule has 0 saturated carbocycles. The second-order valence-corrected chi connectivity index (χ2v) is 10.6. The summed E-state index contributed by atoms with van der Waals surface area (Å²) in [5.41, 5.74) is 2.20. The summed E-state index contributed by atoms with van der Waals surface area (Å²) in [6.45, 7) is 6.47. The molecule has 0 spiro atoms. The number of hydrogen-bond acceptors (Lipinski definition) is 9. The SMILES string of the molecule is CCN(C)c1ccc(C(=O)NC2CCCN(c3cc(Nc4ccc(C(=O)N5CCOCC5)cn4)c(=O)n(C)n3)C2)cc1. The first kappa shape index (κ1) is 29.1. The Balaban J connectivity index is 1.24. The van der Waals surface area contributed by atoms with Crippen molar-refractivity contribution in [1.29, 1.82) is 0 Å². The number of pyridine rings is 1. The molecule has 4 heterocycles. The van der Waals surface area contributed by atoms with Crippen LogP contribution >= 0.6 is 0 Å². The summed E-state index contributed by atoms with van der Waals surface area (Å²) in [6.07, 6.45) is 3.24. The minimum Gasteiger partial charge on any atom is -0.378 e. The minimum atomic E-state index is -0.298. The van der Waals surface area contributed by atoms with E-state index in [4.69, 9.17) is 4.74 Å². The van der Waals surface area contributed by atoms with Gasteiger partial charge in [0.25, 0.3) is 17.4 Å². The average molecular weight is 575 g/mol. The van der Waals surface area contributed by atoms with Crippen LogP contribution in [-0.4, -0.2) is 90.5 Å². The molecule has 2 fully saturated rings. The molecule has 2 N–H and O–H groups in total. The van der Waals surface area contributed by atoms with Gasteiger partial charge < -0.3 is 30.1 Å². The van der Waals surface area contributed by atoms with Gasteiger partial charge in [-0.2, -0.15) is 5.10 Å². The summed E-state index contributed by atoms with van der Waals surface area (Å²) in [6, 6.07) is 12.7. The zero-order valence-corrected chi connectivity index (χ0v) is 24.4. The number of aromatic nitrogens is 3. The number of carbonyl (C=O) groups is 2. The van der Waals surface area contributed by atoms with Crippen LogP contribution in [0.25, 0.3) is 0 Å². The molecule has 12 nitrogen and oxygen atoms in total. The number of aryl methyl sites for hydroxylation is 1. The van der Waals surface area contributed by atoms with Crippen LogP contribution in [0, 0.1) is 0 Å². The molecule has 42 heavy (non-hydrogen) atoms. The highest BCUT2D eigenvalue weighted by Crippen LogP contribution is 2.22. The molecule has 222 valence electrons. The van der Waals surface area contributed by atoms with Crippen molar-refractivity contribution < 1.29 is 14.3 Å². The number of piperidine rings is 1. The van der Waals surface area contributed by atoms with Crippen LogP contribution in [0.2, 0.25) is 0 Å². The van der Waals surface area contributed by atoms with E-state index in [9.17, 15) is 14.4 Å². The number of nitrogens with zero attached hydrogens (tertiary/aromatic N) is 6. The number of hydrogen-bond donors (Lipinski definition) is 2. The van der Waals surface area contributed by atoms with Crippen LogP contribution in [0.5, 0.6) is 0 Å². The first-order chi connectivity index (χ1) is 20.3. The maximum absolute atomic E-state index is 13.0. The van der Waals surface area contributed by atoms with E-state index in [0.717, 1.165) is 31.6 Å². The van der Waals surface area contributed by atoms with Gasteiger partial charge in [0.05, 0.1) is 18.8 Å². The van der Waals surface area contributed by atoms with Crippen molar-refractivity contribution in [3.05, 3.63) is 70.1 Å². The molecule has 2 aliphatic rings. The second kappa shape index (κ2) is 13.0. The van der Waals surface area contributed by atoms with Gasteiger partial charge in [0, 0.05) is 76.4 Å². The van der Waals surface area contributed by atoms with Gasteiger partial charge in [-0.25, -0.2) is 9.67 Å². The van der Waals surface area contributed by atoms with Crippen molar-refractivity contribution in [2.75, 3.05) is 68.1 Å². The fourth-order valence-corrected chi connectivity index (χ4v) is 5.14. The van der Waals surface area contributed by atoms with Crippen molar-refractivity contribution in [2.45, 2.75) is 25.8 Å². The van der Waals surface area contributed by atoms with Crippen LogP contribution in [0.3, 0.4) is 0 Å². The van der Waals surface area contributed by atoms with E-state index in [1.807, 2.05) is 31.3 Å². The Morgan fingerprint density at radius 2 is 1.81 bits per heavy atom. The quantitative estimate of drug-likeness (QED) is 0.417. The Labute approximate surface area is 245 Å². The number of amides is 2. The average Bonchev–Trinajstić information content (AvgIpc) is 3.03. The Hall–Kier alpha value is -4.45. The Morgan fingerprint density at radius 3 is 2.50 bits per heavy atom. The molecule has 0 aliphatic carbocycles. The predicted octanol–water partition coefficient (Wildman–Crippen LogP) is 2.25. The molecule has 0 radical (unpaired) electrons. The van der Waals surface area contributed by atoms with E-state index < -0.39 is 0 Å². The first-order valence-corrected chi connectivity index (χ1v) is 14.4. The number of benzene rings is 1. The Morgan fingerprint density at radius 1 is 1.07 bits per heavy atom. The number of carbonyl (C=O) groups excluding carboxylic acids is 2. The second-order valence-electron chi connectivity index (χ2n) is 10.6. The van der Waals surface area contributed by atoms with E-state index >= 15 is 0 Å². The predicted molar refractivity (Wildman–Crippen MR) is 162 cm³/mol. The van der Waals surface area contributed by atoms with E-state index in [1.165, 1.54) is 10.9 Å². The first-order valence-electron chi connectivity index (χ1n) is 14.4. The number of nitrogens with one attached hydrogen (secondary N) is 2. The largest absolute Gasteiger partial charge is 0.378 e. The molecular formula is C30H38N8O4. The zero-order valence-electron chi connectivity index (χ0n) is 24.4. The van der Waals surface area contributed by atoms with E-state index in [2.05, 4.69) is 37.4 Å². The normalized spacial score (nSPS) is 17.1. The molecule has 1 atom stereocenters. The van der Waals surface area contributed by atoms with Gasteiger partial charge >= 0.3 is 0 Å². The van der Waals surface area contributed by atoms with Gasteiger partial charge in [-0.3, -0.25) is 14.4 Å². The molecule has 1 aromatic carbocycles. The maximum Gasteiger partial charge on any atom is 0.290 e. The molecule has 3 aromatic rings. The van der Waals surface area contributed by atoms with Crippen molar-refractivity contribution in [3.8, 4) is 0 Å². The van der Waals surface area contributed by atoms with Crippen LogP contribution in [0.15, 0.2) is 53.5 Å². The summed E-state index contributed by atoms with van der Waals surface area (Å²) in [5.74, 6) is 0.879. The highest BCUT2D eigenvalue weighted by Gasteiger charge is 2.24. The molecule has 1 unspecified atom stereocenters. The molecule has 12 heteroatoms. The number of anilines is 4. The van der Waals surface area contributed by atoms with Crippen LogP contribution < -0.4 is 26.0 Å². The fraction of sp³-hybridized carbons (Fsp3) is 0.433. The summed E-state index contributed by atoms with van der Waals surface area (Å²) in [7, 11) is 3.62. The molecule has 5 rings (SSSR count). The molecular weight excluding hydrogens is 536 g/mol. The van der Waals surface area contributed by atoms with E-state index in [0.29, 0.717) is 61.3 Å². The van der Waals surface area contributed by atoms with Gasteiger partial charge in [0.15, 0.2) is 5.82 Å². The van der Waals surface area contributed by atoms with Gasteiger partial charge in [0.1, 0.15) is 11.5 Å². The van der Waals surface area contributed by atoms with Gasteiger partial charge in [-0.1, -0.05) is 0 Å². The summed E-state index contributed by atoms with van der Waals surface area (Å²) in [5, 5.41) is 10.7. The van der Waals surface area contributed by atoms with Crippen molar-refractivity contribution in [3.63, 3.8) is 0 Å². The summed E-state index contributed by atoms with van der Waals surface area (Å²) < 4.78 is 6.62. The number of ether oxygens (including phenoxy) is 1. The standard InChI is InChI=1S/C30H38N8O4/c1-4-35(2)24-10-7-21(8-11-24)28(39)32-23-6-5-13-38(20-23)27-18-25(30(41)36(3)34-27)33-26-12-9-22(19-31-26)29(40)37-14-16-42-17-15-37/h7-12,18-19,23H,4-6,13-17,20H2,1-3H3,(H,31,33)(H,32,39). The van der Waals surface area contributed by atoms with Gasteiger partial charge in [-0.15, -0.1) is 0 Å². The monoisotopic (exact) mass is 574 g/mol. The minimum absolute atomic E-state index is 0.0575. The maximum atomic E-state index is 13.0. The van der Waals surface area contributed by atoms with Gasteiger partial charge in [0.2, 0.25) is 0 Å². The lowest BCUT2D eigenvalue weighted by atomic mass is 10.0. The number of rotatable bonds is 8. The fourth-order valence-electron chi connectivity index (χ4n) is 5.14. The topological polar surface area (TPSA) is 125 Å². The third-order valence-electron chi connectivity index (χ3n) is 7.75. The third-order valence-corrected chi connectivity index (χ3v) is 7.75. The van der Waals surface area contributed by atoms with Gasteiger partial charge in [-0.05, 0) is 56.2 Å². The molecule has 2 saturated heterocycles. The van der Waals surface area contributed by atoms with Crippen molar-refractivity contribution in [2.24, 2.45) is 7.05 Å². The molecule has 2 aliphatic heterocycles. The van der Waals surface area contributed by atoms with Crippen molar-refractivity contribution >= 4 is 34.8 Å². The lowest BCUT2D eigenvalue weighted by molar-refractivity contribution is 0.0302. The Kier molecular flexibility index (Phi) is 9.01. The highest BCUT2D eigenvalue weighted by molar-refractivity contribution is 5.95. The smallest absolute Gasteiger partial charge is 0.290 e. The van der Waals surface area contributed by atoms with E-state index in [1.54, 1.807) is 30.1 Å². The Bertz CT molecular complexity index is 1450. The lowest BCUT2D eigenvalue weighted by Gasteiger charge is -2.34. The summed E-state index contributed by atoms with van der Waals surface area (Å²) >= 11 is 0. The number of morpholine rings is 1. The van der Waals surface area contributed by atoms with Crippen LogP contribution in [0.4, 0.5) is 23.0 Å². The third kappa shape index (κ3) is 6.71. The summed E-state index contributed by atoms with van der Waals surface area (Å²) in [4.78, 5) is 48.9. The van der Waals surface area contributed by atoms with Crippen LogP contribution in [0.1, 0.15) is 40.5 Å². The zero-order chi connectivity index (χ0) is 29.6. The lowest BCUT2D eigenvalue weighted by Crippen LogP contribution is -2.48.